The SMILES string of the molecule is Nc1cccc(C(O)COCc2cccs2)c1. The van der Waals surface area contributed by atoms with Crippen LogP contribution in [-0.4, -0.2) is 11.7 Å². The van der Waals surface area contributed by atoms with Crippen molar-refractivity contribution in [1.82, 2.24) is 0 Å². The molecule has 1 unspecified atom stereocenters. The van der Waals surface area contributed by atoms with Crippen molar-refractivity contribution >= 4 is 17.0 Å². The number of ether oxygens (including phenoxy) is 1. The lowest BCUT2D eigenvalue weighted by atomic mass is 10.1. The Bertz CT molecular complexity index is 456. The number of anilines is 1. The highest BCUT2D eigenvalue weighted by molar-refractivity contribution is 7.09. The molecular formula is C13H15NO2S. The quantitative estimate of drug-likeness (QED) is 0.801. The van der Waals surface area contributed by atoms with Crippen molar-refractivity contribution < 1.29 is 9.84 Å². The Hall–Kier alpha value is -1.36. The lowest BCUT2D eigenvalue weighted by Gasteiger charge is -2.11. The standard InChI is InChI=1S/C13H15NO2S/c14-11-4-1-3-10(7-11)13(15)9-16-8-12-5-2-6-17-12/h1-7,13,15H,8-9,14H2. The van der Waals surface area contributed by atoms with Crippen LogP contribution in [0.25, 0.3) is 0 Å². The highest BCUT2D eigenvalue weighted by Gasteiger charge is 2.07. The molecule has 3 nitrogen and oxygen atoms in total. The van der Waals surface area contributed by atoms with Crippen LogP contribution in [0.2, 0.25) is 0 Å². The van der Waals surface area contributed by atoms with Crippen molar-refractivity contribution in [1.29, 1.82) is 0 Å². The molecular weight excluding hydrogens is 234 g/mol. The molecule has 0 spiro atoms. The van der Waals surface area contributed by atoms with Crippen LogP contribution in [0.15, 0.2) is 41.8 Å². The van der Waals surface area contributed by atoms with Gasteiger partial charge in [0.25, 0.3) is 0 Å². The number of thiophene rings is 1. The summed E-state index contributed by atoms with van der Waals surface area (Å²) in [5.74, 6) is 0. The first-order valence-electron chi connectivity index (χ1n) is 5.39. The van der Waals surface area contributed by atoms with Gasteiger partial charge < -0.3 is 15.6 Å². The topological polar surface area (TPSA) is 55.5 Å². The fourth-order valence-electron chi connectivity index (χ4n) is 1.53. The minimum Gasteiger partial charge on any atom is -0.399 e. The number of rotatable bonds is 5. The van der Waals surface area contributed by atoms with E-state index in [1.54, 1.807) is 23.5 Å². The molecule has 0 fully saturated rings. The van der Waals surface area contributed by atoms with Gasteiger partial charge in [0.05, 0.1) is 13.2 Å². The maximum Gasteiger partial charge on any atom is 0.102 e. The first-order chi connectivity index (χ1) is 8.25. The van der Waals surface area contributed by atoms with E-state index in [-0.39, 0.29) is 6.61 Å². The molecule has 0 aliphatic heterocycles. The summed E-state index contributed by atoms with van der Waals surface area (Å²) in [6.07, 6.45) is -0.626. The van der Waals surface area contributed by atoms with Crippen molar-refractivity contribution in [3.63, 3.8) is 0 Å². The van der Waals surface area contributed by atoms with Crippen molar-refractivity contribution in [2.45, 2.75) is 12.7 Å². The van der Waals surface area contributed by atoms with E-state index >= 15 is 0 Å². The largest absolute Gasteiger partial charge is 0.399 e. The Balaban J connectivity index is 1.83. The van der Waals surface area contributed by atoms with E-state index in [4.69, 9.17) is 10.5 Å². The molecule has 2 aromatic rings. The first-order valence-corrected chi connectivity index (χ1v) is 6.27. The molecule has 4 heteroatoms. The number of benzene rings is 1. The average Bonchev–Trinajstić information content (AvgIpc) is 2.82. The second-order valence-electron chi connectivity index (χ2n) is 3.78. The van der Waals surface area contributed by atoms with Gasteiger partial charge in [-0.05, 0) is 29.1 Å². The Morgan fingerprint density at radius 2 is 2.18 bits per heavy atom. The number of hydrogen-bond donors (Lipinski definition) is 2. The highest BCUT2D eigenvalue weighted by Crippen LogP contribution is 2.17. The molecule has 0 amide bonds. The van der Waals surface area contributed by atoms with E-state index < -0.39 is 6.10 Å². The van der Waals surface area contributed by atoms with Crippen molar-refractivity contribution in [2.24, 2.45) is 0 Å². The van der Waals surface area contributed by atoms with E-state index in [9.17, 15) is 5.11 Å². The molecule has 3 N–H and O–H groups in total. The predicted molar refractivity (Wildman–Crippen MR) is 69.8 cm³/mol. The number of nitrogen functional groups attached to an aromatic ring is 1. The van der Waals surface area contributed by atoms with Crippen molar-refractivity contribution in [3.8, 4) is 0 Å². The van der Waals surface area contributed by atoms with Gasteiger partial charge in [-0.2, -0.15) is 0 Å². The fraction of sp³-hybridized carbons (Fsp3) is 0.231. The zero-order chi connectivity index (χ0) is 12.1. The van der Waals surface area contributed by atoms with E-state index in [1.165, 1.54) is 0 Å². The van der Waals surface area contributed by atoms with E-state index in [1.807, 2.05) is 29.6 Å². The van der Waals surface area contributed by atoms with Gasteiger partial charge in [-0.25, -0.2) is 0 Å². The molecule has 2 rings (SSSR count). The van der Waals surface area contributed by atoms with Gasteiger partial charge in [-0.15, -0.1) is 11.3 Å². The third kappa shape index (κ3) is 3.56. The van der Waals surface area contributed by atoms with Gasteiger partial charge in [0.1, 0.15) is 6.10 Å². The molecule has 90 valence electrons. The lowest BCUT2D eigenvalue weighted by Crippen LogP contribution is -2.07. The van der Waals surface area contributed by atoms with Gasteiger partial charge in [0, 0.05) is 10.6 Å². The first kappa shape index (κ1) is 12.1. The minimum absolute atomic E-state index is 0.279. The monoisotopic (exact) mass is 249 g/mol. The van der Waals surface area contributed by atoms with Crippen LogP contribution in [0.3, 0.4) is 0 Å². The Kier molecular flexibility index (Phi) is 4.14. The Morgan fingerprint density at radius 3 is 2.88 bits per heavy atom. The summed E-state index contributed by atoms with van der Waals surface area (Å²) in [4.78, 5) is 1.16. The molecule has 0 saturated carbocycles. The molecule has 1 aromatic carbocycles. The maximum atomic E-state index is 9.90. The molecule has 0 aliphatic rings. The number of hydrogen-bond acceptors (Lipinski definition) is 4. The summed E-state index contributed by atoms with van der Waals surface area (Å²) < 4.78 is 5.45. The predicted octanol–water partition coefficient (Wildman–Crippen LogP) is 2.58. The number of aliphatic hydroxyl groups is 1. The molecule has 0 saturated heterocycles. The fourth-order valence-corrected chi connectivity index (χ4v) is 2.17. The van der Waals surface area contributed by atoms with E-state index in [0.717, 1.165) is 10.4 Å². The molecule has 1 heterocycles. The van der Waals surface area contributed by atoms with E-state index in [0.29, 0.717) is 12.3 Å². The second-order valence-corrected chi connectivity index (χ2v) is 4.81. The van der Waals surface area contributed by atoms with Crippen molar-refractivity contribution in [3.05, 3.63) is 52.2 Å². The van der Waals surface area contributed by atoms with Crippen LogP contribution in [0.5, 0.6) is 0 Å². The minimum atomic E-state index is -0.626. The molecule has 0 bridgehead atoms. The summed E-state index contributed by atoms with van der Waals surface area (Å²) >= 11 is 1.65. The number of aliphatic hydroxyl groups excluding tert-OH is 1. The van der Waals surface area contributed by atoms with Crippen LogP contribution in [0, 0.1) is 0 Å². The third-order valence-electron chi connectivity index (χ3n) is 2.40. The van der Waals surface area contributed by atoms with Crippen LogP contribution >= 0.6 is 11.3 Å². The Labute approximate surface area is 104 Å². The summed E-state index contributed by atoms with van der Waals surface area (Å²) in [5.41, 5.74) is 7.09. The second kappa shape index (κ2) is 5.82. The van der Waals surface area contributed by atoms with Crippen LogP contribution in [-0.2, 0) is 11.3 Å². The number of nitrogens with two attached hydrogens (primary N) is 1. The van der Waals surface area contributed by atoms with Gasteiger partial charge in [0.2, 0.25) is 0 Å². The van der Waals surface area contributed by atoms with Gasteiger partial charge in [-0.1, -0.05) is 18.2 Å². The normalized spacial score (nSPS) is 12.5. The molecule has 0 radical (unpaired) electrons. The molecule has 1 aromatic heterocycles. The zero-order valence-electron chi connectivity index (χ0n) is 9.37. The highest BCUT2D eigenvalue weighted by atomic mass is 32.1. The van der Waals surface area contributed by atoms with Crippen LogP contribution in [0.1, 0.15) is 16.5 Å². The third-order valence-corrected chi connectivity index (χ3v) is 3.25. The molecule has 0 aliphatic carbocycles. The summed E-state index contributed by atoms with van der Waals surface area (Å²) in [5, 5.41) is 11.9. The summed E-state index contributed by atoms with van der Waals surface area (Å²) in [6.45, 7) is 0.818. The van der Waals surface area contributed by atoms with Gasteiger partial charge in [-0.3, -0.25) is 0 Å². The van der Waals surface area contributed by atoms with E-state index in [2.05, 4.69) is 0 Å². The van der Waals surface area contributed by atoms with Gasteiger partial charge >= 0.3 is 0 Å². The van der Waals surface area contributed by atoms with Gasteiger partial charge in [0.15, 0.2) is 0 Å². The lowest BCUT2D eigenvalue weighted by molar-refractivity contribution is 0.0287. The average molecular weight is 249 g/mol. The van der Waals surface area contributed by atoms with Crippen molar-refractivity contribution in [2.75, 3.05) is 12.3 Å². The Morgan fingerprint density at radius 1 is 1.29 bits per heavy atom. The van der Waals surface area contributed by atoms with Crippen LogP contribution < -0.4 is 5.73 Å². The summed E-state index contributed by atoms with van der Waals surface area (Å²) in [7, 11) is 0. The van der Waals surface area contributed by atoms with Crippen LogP contribution in [0.4, 0.5) is 5.69 Å². The molecule has 17 heavy (non-hydrogen) atoms. The smallest absolute Gasteiger partial charge is 0.102 e. The zero-order valence-corrected chi connectivity index (χ0v) is 10.2. The maximum absolute atomic E-state index is 9.90. The molecule has 1 atom stereocenters. The summed E-state index contributed by atoms with van der Waals surface area (Å²) in [6, 6.07) is 11.2.